The Labute approximate surface area is 190 Å². The van der Waals surface area contributed by atoms with Gasteiger partial charge in [0.15, 0.2) is 0 Å². The molecule has 0 saturated carbocycles. The molecule has 1 saturated heterocycles. The standard InChI is InChI=1S/C26H33N3O3/c1-18-7-5-12-29(18)13-6-14-32-22-10-11-24-21(16-22)17-23(25(30)27-24)19-8-4-9-20(15-19)26(31)28(2)3/h4,8-11,15-16,18,23H,5-7,12-14,17H2,1-3H3,(H,27,30)/t18-,23?/m1/s1. The number of amides is 2. The van der Waals surface area contributed by atoms with Gasteiger partial charge in [0.2, 0.25) is 5.91 Å². The lowest BCUT2D eigenvalue weighted by Gasteiger charge is -2.26. The third kappa shape index (κ3) is 4.96. The van der Waals surface area contributed by atoms with E-state index < -0.39 is 0 Å². The molecular weight excluding hydrogens is 402 g/mol. The molecule has 2 aromatic rings. The van der Waals surface area contributed by atoms with Gasteiger partial charge in [0, 0.05) is 37.9 Å². The normalized spacial score (nSPS) is 20.5. The van der Waals surface area contributed by atoms with E-state index in [2.05, 4.69) is 17.1 Å². The van der Waals surface area contributed by atoms with E-state index in [0.717, 1.165) is 35.5 Å². The van der Waals surface area contributed by atoms with Gasteiger partial charge >= 0.3 is 0 Å². The predicted octanol–water partition coefficient (Wildman–Crippen LogP) is 3.92. The number of benzene rings is 2. The molecule has 0 bridgehead atoms. The Hall–Kier alpha value is -2.86. The van der Waals surface area contributed by atoms with Crippen molar-refractivity contribution in [3.8, 4) is 5.75 Å². The van der Waals surface area contributed by atoms with E-state index in [1.165, 1.54) is 19.4 Å². The van der Waals surface area contributed by atoms with Crippen molar-refractivity contribution in [3.63, 3.8) is 0 Å². The third-order valence-electron chi connectivity index (χ3n) is 6.57. The maximum atomic E-state index is 12.8. The van der Waals surface area contributed by atoms with E-state index in [1.54, 1.807) is 25.1 Å². The zero-order valence-electron chi connectivity index (χ0n) is 19.3. The van der Waals surface area contributed by atoms with Gasteiger partial charge in [-0.1, -0.05) is 12.1 Å². The summed E-state index contributed by atoms with van der Waals surface area (Å²) in [7, 11) is 3.46. The Morgan fingerprint density at radius 1 is 1.22 bits per heavy atom. The number of likely N-dealkylation sites (tertiary alicyclic amines) is 1. The van der Waals surface area contributed by atoms with Crippen molar-refractivity contribution in [1.82, 2.24) is 9.80 Å². The van der Waals surface area contributed by atoms with Crippen molar-refractivity contribution in [1.29, 1.82) is 0 Å². The highest BCUT2D eigenvalue weighted by Crippen LogP contribution is 2.34. The van der Waals surface area contributed by atoms with Crippen LogP contribution >= 0.6 is 0 Å². The minimum absolute atomic E-state index is 0.0413. The van der Waals surface area contributed by atoms with E-state index in [9.17, 15) is 9.59 Å². The fraction of sp³-hybridized carbons (Fsp3) is 0.462. The quantitative estimate of drug-likeness (QED) is 0.670. The van der Waals surface area contributed by atoms with E-state index in [4.69, 9.17) is 4.74 Å². The fourth-order valence-electron chi connectivity index (χ4n) is 4.68. The monoisotopic (exact) mass is 435 g/mol. The number of hydrogen-bond donors (Lipinski definition) is 1. The van der Waals surface area contributed by atoms with Gasteiger partial charge in [-0.15, -0.1) is 0 Å². The number of nitrogens with zero attached hydrogens (tertiary/aromatic N) is 2. The molecule has 2 atom stereocenters. The van der Waals surface area contributed by atoms with Gasteiger partial charge in [-0.05, 0) is 80.6 Å². The van der Waals surface area contributed by atoms with Crippen LogP contribution in [0, 0.1) is 0 Å². The molecule has 2 aromatic carbocycles. The number of carbonyl (C=O) groups excluding carboxylic acids is 2. The van der Waals surface area contributed by atoms with Crippen LogP contribution in [0.15, 0.2) is 42.5 Å². The van der Waals surface area contributed by atoms with Crippen LogP contribution in [0.3, 0.4) is 0 Å². The lowest BCUT2D eigenvalue weighted by molar-refractivity contribution is -0.117. The minimum atomic E-state index is -0.329. The average Bonchev–Trinajstić information content (AvgIpc) is 3.20. The Bertz CT molecular complexity index is 988. The first-order valence-electron chi connectivity index (χ1n) is 11.5. The molecule has 170 valence electrons. The highest BCUT2D eigenvalue weighted by Gasteiger charge is 2.28. The molecule has 1 fully saturated rings. The zero-order valence-corrected chi connectivity index (χ0v) is 19.3. The summed E-state index contributed by atoms with van der Waals surface area (Å²) in [5, 5.41) is 3.02. The molecular formula is C26H33N3O3. The summed E-state index contributed by atoms with van der Waals surface area (Å²) in [6, 6.07) is 14.0. The number of anilines is 1. The number of carbonyl (C=O) groups is 2. The molecule has 1 unspecified atom stereocenters. The molecule has 0 radical (unpaired) electrons. The highest BCUT2D eigenvalue weighted by molar-refractivity contribution is 6.00. The second-order valence-corrected chi connectivity index (χ2v) is 9.12. The van der Waals surface area contributed by atoms with Crippen LogP contribution in [0.4, 0.5) is 5.69 Å². The third-order valence-corrected chi connectivity index (χ3v) is 6.57. The lowest BCUT2D eigenvalue weighted by Crippen LogP contribution is -2.29. The summed E-state index contributed by atoms with van der Waals surface area (Å²) in [5.41, 5.74) is 3.34. The number of fused-ring (bicyclic) bond motifs is 1. The SMILES string of the molecule is C[C@@H]1CCCN1CCCOc1ccc2c(c1)CC(c1cccc(C(=O)N(C)C)c1)C(=O)N2. The van der Waals surface area contributed by atoms with Gasteiger partial charge < -0.3 is 19.9 Å². The van der Waals surface area contributed by atoms with Crippen LogP contribution < -0.4 is 10.1 Å². The average molecular weight is 436 g/mol. The Morgan fingerprint density at radius 3 is 2.81 bits per heavy atom. The molecule has 6 nitrogen and oxygen atoms in total. The van der Waals surface area contributed by atoms with Crippen molar-refractivity contribution < 1.29 is 14.3 Å². The van der Waals surface area contributed by atoms with Gasteiger partial charge in [-0.25, -0.2) is 0 Å². The molecule has 0 spiro atoms. The molecule has 0 aliphatic carbocycles. The minimum Gasteiger partial charge on any atom is -0.494 e. The number of nitrogens with one attached hydrogen (secondary N) is 1. The molecule has 2 aliphatic rings. The van der Waals surface area contributed by atoms with E-state index in [-0.39, 0.29) is 17.7 Å². The summed E-state index contributed by atoms with van der Waals surface area (Å²) in [5.74, 6) is 0.400. The number of rotatable bonds is 7. The van der Waals surface area contributed by atoms with Crippen LogP contribution in [-0.2, 0) is 11.2 Å². The summed E-state index contributed by atoms with van der Waals surface area (Å²) in [6.07, 6.45) is 4.19. The van der Waals surface area contributed by atoms with Gasteiger partial charge in [-0.3, -0.25) is 9.59 Å². The van der Waals surface area contributed by atoms with Crippen LogP contribution in [0.25, 0.3) is 0 Å². The first-order valence-corrected chi connectivity index (χ1v) is 11.5. The van der Waals surface area contributed by atoms with Crippen LogP contribution in [0.5, 0.6) is 5.75 Å². The second kappa shape index (κ2) is 9.74. The fourth-order valence-corrected chi connectivity index (χ4v) is 4.68. The van der Waals surface area contributed by atoms with Crippen molar-refractivity contribution in [3.05, 3.63) is 59.2 Å². The molecule has 2 heterocycles. The molecule has 6 heteroatoms. The zero-order chi connectivity index (χ0) is 22.7. The topological polar surface area (TPSA) is 61.9 Å². The summed E-state index contributed by atoms with van der Waals surface area (Å²) in [6.45, 7) is 5.26. The van der Waals surface area contributed by atoms with Crippen molar-refractivity contribution in [2.45, 2.75) is 44.6 Å². The van der Waals surface area contributed by atoms with Crippen LogP contribution in [0.1, 0.15) is 53.6 Å². The van der Waals surface area contributed by atoms with Gasteiger partial charge in [-0.2, -0.15) is 0 Å². The van der Waals surface area contributed by atoms with Gasteiger partial charge in [0.1, 0.15) is 5.75 Å². The van der Waals surface area contributed by atoms with E-state index in [0.29, 0.717) is 24.6 Å². The van der Waals surface area contributed by atoms with Crippen LogP contribution in [0.2, 0.25) is 0 Å². The molecule has 1 N–H and O–H groups in total. The van der Waals surface area contributed by atoms with E-state index in [1.807, 2.05) is 36.4 Å². The van der Waals surface area contributed by atoms with Crippen LogP contribution in [-0.4, -0.2) is 61.4 Å². The Morgan fingerprint density at radius 2 is 2.06 bits per heavy atom. The number of hydrogen-bond acceptors (Lipinski definition) is 4. The maximum absolute atomic E-state index is 12.8. The summed E-state index contributed by atoms with van der Waals surface area (Å²) in [4.78, 5) is 29.2. The highest BCUT2D eigenvalue weighted by atomic mass is 16.5. The molecule has 0 aromatic heterocycles. The van der Waals surface area contributed by atoms with E-state index >= 15 is 0 Å². The Kier molecular flexibility index (Phi) is 6.80. The molecule has 32 heavy (non-hydrogen) atoms. The molecule has 4 rings (SSSR count). The van der Waals surface area contributed by atoms with Gasteiger partial charge in [0.25, 0.3) is 5.91 Å². The lowest BCUT2D eigenvalue weighted by atomic mass is 9.86. The molecule has 2 aliphatic heterocycles. The number of ether oxygens (including phenoxy) is 1. The first kappa shape index (κ1) is 22.3. The maximum Gasteiger partial charge on any atom is 0.253 e. The van der Waals surface area contributed by atoms with Crippen molar-refractivity contribution >= 4 is 17.5 Å². The second-order valence-electron chi connectivity index (χ2n) is 9.12. The van der Waals surface area contributed by atoms with Crippen molar-refractivity contribution in [2.24, 2.45) is 0 Å². The smallest absolute Gasteiger partial charge is 0.253 e. The first-order chi connectivity index (χ1) is 15.4. The van der Waals surface area contributed by atoms with Crippen molar-refractivity contribution in [2.75, 3.05) is 39.1 Å². The molecule has 2 amide bonds. The predicted molar refractivity (Wildman–Crippen MR) is 126 cm³/mol. The van der Waals surface area contributed by atoms with Gasteiger partial charge in [0.05, 0.1) is 12.5 Å². The summed E-state index contributed by atoms with van der Waals surface area (Å²) < 4.78 is 6.02. The summed E-state index contributed by atoms with van der Waals surface area (Å²) >= 11 is 0. The Balaban J connectivity index is 1.41. The largest absolute Gasteiger partial charge is 0.494 e.